The molecule has 134 valence electrons. The van der Waals surface area contributed by atoms with Gasteiger partial charge in [0.15, 0.2) is 0 Å². The maximum atomic E-state index is 12.8. The van der Waals surface area contributed by atoms with Gasteiger partial charge in [0, 0.05) is 16.8 Å². The Bertz CT molecular complexity index is 793. The van der Waals surface area contributed by atoms with E-state index < -0.39 is 23.7 Å². The molecule has 2 amide bonds. The molecule has 0 spiro atoms. The molecule has 0 bridgehead atoms. The number of hydrogen-bond donors (Lipinski definition) is 2. The third-order valence-electron chi connectivity index (χ3n) is 5.31. The number of carboxylic acids is 1. The molecule has 0 saturated heterocycles. The molecule has 1 heterocycles. The number of primary amides is 1. The minimum Gasteiger partial charge on any atom is -0.550 e. The number of fused-ring (bicyclic) bond motifs is 1. The predicted molar refractivity (Wildman–Crippen MR) is 93.1 cm³/mol. The van der Waals surface area contributed by atoms with E-state index in [4.69, 9.17) is 5.73 Å². The first-order valence-corrected chi connectivity index (χ1v) is 9.22. The number of carbonyl (C=O) groups excluding carboxylic acids is 3. The summed E-state index contributed by atoms with van der Waals surface area (Å²) in [6, 6.07) is 0. The Balaban J connectivity index is 1.87. The summed E-state index contributed by atoms with van der Waals surface area (Å²) in [6.07, 6.45) is 3.34. The van der Waals surface area contributed by atoms with Gasteiger partial charge in [-0.3, -0.25) is 9.59 Å². The lowest BCUT2D eigenvalue weighted by Gasteiger charge is -2.32. The number of nitrogens with two attached hydrogens (primary N) is 1. The topological polar surface area (TPSA) is 112 Å². The number of amides is 2. The first-order chi connectivity index (χ1) is 11.8. The Kier molecular flexibility index (Phi) is 4.69. The molecule has 25 heavy (non-hydrogen) atoms. The number of hydrogen-bond acceptors (Lipinski definition) is 5. The molecule has 0 saturated carbocycles. The highest BCUT2D eigenvalue weighted by atomic mass is 32.1. The standard InChI is InChI=1S/C18H22N2O4S/c1-8-6-11(12(18(23)24)7-9(8)2)16(22)20-17-14(15(19)21)10-4-3-5-13(10)25-17/h11-12H,3-7H2,1-2H3,(H2,19,21)(H,20,22)(H,23,24)/p-1/t11-,12+/m0/s1. The fourth-order valence-electron chi connectivity index (χ4n) is 3.77. The van der Waals surface area contributed by atoms with E-state index in [1.54, 1.807) is 0 Å². The molecule has 3 N–H and O–H groups in total. The fourth-order valence-corrected chi connectivity index (χ4v) is 5.07. The number of aliphatic carboxylic acids is 1. The third-order valence-corrected chi connectivity index (χ3v) is 6.52. The molecule has 3 rings (SSSR count). The minimum atomic E-state index is -1.21. The van der Waals surface area contributed by atoms with Crippen LogP contribution in [0.3, 0.4) is 0 Å². The van der Waals surface area contributed by atoms with Crippen LogP contribution in [0.2, 0.25) is 0 Å². The van der Waals surface area contributed by atoms with E-state index in [9.17, 15) is 19.5 Å². The molecule has 0 unspecified atom stereocenters. The lowest BCUT2D eigenvalue weighted by molar-refractivity contribution is -0.313. The van der Waals surface area contributed by atoms with E-state index in [1.807, 2.05) is 13.8 Å². The van der Waals surface area contributed by atoms with E-state index in [1.165, 1.54) is 11.3 Å². The quantitative estimate of drug-likeness (QED) is 0.789. The van der Waals surface area contributed by atoms with Crippen LogP contribution in [-0.2, 0) is 22.4 Å². The van der Waals surface area contributed by atoms with Crippen molar-refractivity contribution in [1.82, 2.24) is 0 Å². The van der Waals surface area contributed by atoms with E-state index in [2.05, 4.69) is 5.32 Å². The highest BCUT2D eigenvalue weighted by Gasteiger charge is 2.35. The van der Waals surface area contributed by atoms with Crippen molar-refractivity contribution in [2.45, 2.75) is 46.0 Å². The van der Waals surface area contributed by atoms with Crippen molar-refractivity contribution in [2.24, 2.45) is 17.6 Å². The molecule has 7 heteroatoms. The summed E-state index contributed by atoms with van der Waals surface area (Å²) >= 11 is 1.37. The number of aryl methyl sites for hydroxylation is 1. The summed E-state index contributed by atoms with van der Waals surface area (Å²) in [7, 11) is 0. The zero-order valence-corrected chi connectivity index (χ0v) is 15.1. The normalized spacial score (nSPS) is 22.6. The molecule has 2 aliphatic rings. The molecule has 0 fully saturated rings. The van der Waals surface area contributed by atoms with Crippen molar-refractivity contribution >= 4 is 34.1 Å². The number of carboxylic acid groups (broad SMARTS) is 1. The SMILES string of the molecule is CC1=C(C)C[C@@H](C(=O)[O-])[C@@H](C(=O)Nc2sc3c(c2C(N)=O)CCC3)C1. The van der Waals surface area contributed by atoms with Crippen LogP contribution in [-0.4, -0.2) is 17.8 Å². The largest absolute Gasteiger partial charge is 0.550 e. The van der Waals surface area contributed by atoms with Crippen LogP contribution in [0, 0.1) is 11.8 Å². The predicted octanol–water partition coefficient (Wildman–Crippen LogP) is 1.39. The number of thiophene rings is 1. The second kappa shape index (κ2) is 6.63. The van der Waals surface area contributed by atoms with Gasteiger partial charge in [0.1, 0.15) is 5.00 Å². The van der Waals surface area contributed by atoms with Crippen LogP contribution in [0.25, 0.3) is 0 Å². The van der Waals surface area contributed by atoms with Crippen molar-refractivity contribution in [1.29, 1.82) is 0 Å². The van der Waals surface area contributed by atoms with Gasteiger partial charge in [-0.1, -0.05) is 11.1 Å². The summed E-state index contributed by atoms with van der Waals surface area (Å²) in [5.74, 6) is -3.71. The third kappa shape index (κ3) is 3.20. The van der Waals surface area contributed by atoms with Crippen LogP contribution in [0.15, 0.2) is 11.1 Å². The van der Waals surface area contributed by atoms with Gasteiger partial charge in [0.25, 0.3) is 5.91 Å². The Morgan fingerprint density at radius 3 is 2.36 bits per heavy atom. The molecular formula is C18H21N2O4S-. The molecule has 0 radical (unpaired) electrons. The molecule has 0 aliphatic heterocycles. The maximum absolute atomic E-state index is 12.8. The van der Waals surface area contributed by atoms with Crippen molar-refractivity contribution in [2.75, 3.05) is 5.32 Å². The van der Waals surface area contributed by atoms with E-state index >= 15 is 0 Å². The smallest absolute Gasteiger partial charge is 0.251 e. The molecule has 0 aromatic carbocycles. The Labute approximate surface area is 150 Å². The second-order valence-corrected chi connectivity index (χ2v) is 8.02. The van der Waals surface area contributed by atoms with Gasteiger partial charge in [0.2, 0.25) is 5.91 Å². The van der Waals surface area contributed by atoms with Gasteiger partial charge in [-0.2, -0.15) is 0 Å². The van der Waals surface area contributed by atoms with Gasteiger partial charge in [0.05, 0.1) is 11.5 Å². The molecule has 1 aromatic heterocycles. The van der Waals surface area contributed by atoms with Gasteiger partial charge >= 0.3 is 0 Å². The summed E-state index contributed by atoms with van der Waals surface area (Å²) in [5.41, 5.74) is 8.84. The first kappa shape index (κ1) is 17.7. The van der Waals surface area contributed by atoms with Crippen LogP contribution < -0.4 is 16.2 Å². The zero-order chi connectivity index (χ0) is 18.3. The number of nitrogens with one attached hydrogen (secondary N) is 1. The Hall–Kier alpha value is -2.15. The maximum Gasteiger partial charge on any atom is 0.251 e. The van der Waals surface area contributed by atoms with Gasteiger partial charge in [-0.05, 0) is 51.5 Å². The van der Waals surface area contributed by atoms with Gasteiger partial charge in [-0.25, -0.2) is 0 Å². The van der Waals surface area contributed by atoms with E-state index in [0.717, 1.165) is 40.8 Å². The van der Waals surface area contributed by atoms with Crippen LogP contribution in [0.5, 0.6) is 0 Å². The first-order valence-electron chi connectivity index (χ1n) is 8.40. The average Bonchev–Trinajstić information content (AvgIpc) is 3.09. The summed E-state index contributed by atoms with van der Waals surface area (Å²) in [6.45, 7) is 3.80. The Morgan fingerprint density at radius 1 is 1.12 bits per heavy atom. The number of carbonyl (C=O) groups is 3. The van der Waals surface area contributed by atoms with E-state index in [-0.39, 0.29) is 5.91 Å². The average molecular weight is 361 g/mol. The van der Waals surface area contributed by atoms with Crippen molar-refractivity contribution in [3.05, 3.63) is 27.2 Å². The lowest BCUT2D eigenvalue weighted by Crippen LogP contribution is -2.42. The van der Waals surface area contributed by atoms with Crippen LogP contribution in [0.4, 0.5) is 5.00 Å². The lowest BCUT2D eigenvalue weighted by atomic mass is 9.76. The van der Waals surface area contributed by atoms with Gasteiger partial charge in [-0.15, -0.1) is 11.3 Å². The van der Waals surface area contributed by atoms with Crippen LogP contribution >= 0.6 is 11.3 Å². The summed E-state index contributed by atoms with van der Waals surface area (Å²) < 4.78 is 0. The van der Waals surface area contributed by atoms with Gasteiger partial charge < -0.3 is 21.0 Å². The summed E-state index contributed by atoms with van der Waals surface area (Å²) in [5, 5.41) is 14.7. The molecule has 2 atom stereocenters. The number of anilines is 1. The highest BCUT2D eigenvalue weighted by Crippen LogP contribution is 2.40. The van der Waals surface area contributed by atoms with Crippen LogP contribution in [0.1, 0.15) is 53.9 Å². The minimum absolute atomic E-state index is 0.315. The zero-order valence-electron chi connectivity index (χ0n) is 14.3. The van der Waals surface area contributed by atoms with E-state index in [0.29, 0.717) is 23.4 Å². The molecule has 6 nitrogen and oxygen atoms in total. The monoisotopic (exact) mass is 361 g/mol. The second-order valence-electron chi connectivity index (χ2n) is 6.92. The molecule has 1 aromatic rings. The number of rotatable bonds is 4. The van der Waals surface area contributed by atoms with Crippen molar-refractivity contribution < 1.29 is 19.5 Å². The molecule has 2 aliphatic carbocycles. The Morgan fingerprint density at radius 2 is 1.76 bits per heavy atom. The fraction of sp³-hybridized carbons (Fsp3) is 0.500. The van der Waals surface area contributed by atoms with Crippen molar-refractivity contribution in [3.63, 3.8) is 0 Å². The highest BCUT2D eigenvalue weighted by molar-refractivity contribution is 7.17. The van der Waals surface area contributed by atoms with Crippen molar-refractivity contribution in [3.8, 4) is 0 Å². The number of allylic oxidation sites excluding steroid dienone is 2. The molecular weight excluding hydrogens is 340 g/mol. The summed E-state index contributed by atoms with van der Waals surface area (Å²) in [4.78, 5) is 37.2.